The third-order valence-electron chi connectivity index (χ3n) is 3.36. The molecular weight excluding hydrogens is 242 g/mol. The molecule has 19 heavy (non-hydrogen) atoms. The van der Waals surface area contributed by atoms with Gasteiger partial charge in [0.05, 0.1) is 17.8 Å². The quantitative estimate of drug-likeness (QED) is 0.712. The van der Waals surface area contributed by atoms with Crippen molar-refractivity contribution in [3.8, 4) is 5.75 Å². The Morgan fingerprint density at radius 1 is 1.58 bits per heavy atom. The molecule has 5 heteroatoms. The van der Waals surface area contributed by atoms with Gasteiger partial charge < -0.3 is 21.1 Å². The molecule has 1 aromatic rings. The first-order valence-corrected chi connectivity index (χ1v) is 6.59. The first-order chi connectivity index (χ1) is 9.04. The summed E-state index contributed by atoms with van der Waals surface area (Å²) in [4.78, 5) is 12.2. The molecule has 0 bridgehead atoms. The molecule has 4 N–H and O–H groups in total. The number of anilines is 1. The fourth-order valence-corrected chi connectivity index (χ4v) is 2.23. The minimum Gasteiger partial charge on any atom is -0.492 e. The predicted octanol–water partition coefficient (Wildman–Crippen LogP) is 1.15. The third kappa shape index (κ3) is 3.17. The minimum absolute atomic E-state index is 0.0906. The van der Waals surface area contributed by atoms with Crippen LogP contribution in [0.15, 0.2) is 18.2 Å². The van der Waals surface area contributed by atoms with Crippen LogP contribution in [0.2, 0.25) is 0 Å². The van der Waals surface area contributed by atoms with E-state index in [1.165, 1.54) is 0 Å². The van der Waals surface area contributed by atoms with Crippen LogP contribution in [0.5, 0.6) is 5.75 Å². The fraction of sp³-hybridized carbons (Fsp3) is 0.500. The molecule has 5 nitrogen and oxygen atoms in total. The molecule has 1 aliphatic rings. The largest absolute Gasteiger partial charge is 0.492 e. The van der Waals surface area contributed by atoms with E-state index in [0.717, 1.165) is 19.5 Å². The van der Waals surface area contributed by atoms with E-state index in [-0.39, 0.29) is 11.4 Å². The van der Waals surface area contributed by atoms with Gasteiger partial charge in [-0.05, 0) is 45.0 Å². The summed E-state index contributed by atoms with van der Waals surface area (Å²) in [5, 5.41) is 6.31. The maximum Gasteiger partial charge on any atom is 0.251 e. The van der Waals surface area contributed by atoms with Crippen molar-refractivity contribution in [2.24, 2.45) is 0 Å². The number of rotatable bonds is 4. The van der Waals surface area contributed by atoms with Crippen LogP contribution in [0.3, 0.4) is 0 Å². The number of carbonyl (C=O) groups excluding carboxylic acids is 1. The highest BCUT2D eigenvalue weighted by Gasteiger charge is 2.30. The maximum atomic E-state index is 12.2. The third-order valence-corrected chi connectivity index (χ3v) is 3.36. The standard InChI is InChI=1S/C14H21N3O2/c1-3-19-12-8-10(4-5-11(12)15)13(18)17-14(2)6-7-16-9-14/h4-5,8,16H,3,6-7,9,15H2,1-2H3,(H,17,18)/t14-/m1/s1. The lowest BCUT2D eigenvalue weighted by Crippen LogP contribution is -2.47. The molecule has 2 rings (SSSR count). The van der Waals surface area contributed by atoms with Crippen LogP contribution in [-0.2, 0) is 0 Å². The SMILES string of the molecule is CCOc1cc(C(=O)N[C@]2(C)CCNC2)ccc1N. The number of nitrogens with two attached hydrogens (primary N) is 1. The van der Waals surface area contributed by atoms with Crippen LogP contribution in [0, 0.1) is 0 Å². The Kier molecular flexibility index (Phi) is 3.95. The van der Waals surface area contributed by atoms with Gasteiger partial charge in [0.2, 0.25) is 0 Å². The Balaban J connectivity index is 2.12. The second kappa shape index (κ2) is 5.48. The number of nitrogens with one attached hydrogen (secondary N) is 2. The zero-order chi connectivity index (χ0) is 13.9. The Labute approximate surface area is 113 Å². The zero-order valence-electron chi connectivity index (χ0n) is 11.5. The Hall–Kier alpha value is -1.75. The van der Waals surface area contributed by atoms with Crippen molar-refractivity contribution in [1.29, 1.82) is 0 Å². The number of hydrogen-bond donors (Lipinski definition) is 3. The molecular formula is C14H21N3O2. The number of benzene rings is 1. The van der Waals surface area contributed by atoms with E-state index < -0.39 is 0 Å². The van der Waals surface area contributed by atoms with Gasteiger partial charge in [0.1, 0.15) is 5.75 Å². The Bertz CT molecular complexity index is 468. The van der Waals surface area contributed by atoms with Crippen LogP contribution in [-0.4, -0.2) is 31.1 Å². The second-order valence-corrected chi connectivity index (χ2v) is 5.13. The highest BCUT2D eigenvalue weighted by Crippen LogP contribution is 2.23. The van der Waals surface area contributed by atoms with Crippen LogP contribution < -0.4 is 21.1 Å². The van der Waals surface area contributed by atoms with Crippen LogP contribution in [0.25, 0.3) is 0 Å². The molecule has 0 spiro atoms. The minimum atomic E-state index is -0.176. The molecule has 104 valence electrons. The molecule has 1 amide bonds. The molecule has 1 fully saturated rings. The average molecular weight is 263 g/mol. The van der Waals surface area contributed by atoms with Crippen LogP contribution in [0.4, 0.5) is 5.69 Å². The van der Waals surface area contributed by atoms with Crippen molar-refractivity contribution in [3.05, 3.63) is 23.8 Å². The molecule has 1 heterocycles. The molecule has 1 aliphatic heterocycles. The van der Waals surface area contributed by atoms with Crippen LogP contribution >= 0.6 is 0 Å². The fourth-order valence-electron chi connectivity index (χ4n) is 2.23. The molecule has 1 saturated heterocycles. The number of nitrogen functional groups attached to an aromatic ring is 1. The lowest BCUT2D eigenvalue weighted by atomic mass is 10.0. The van der Waals surface area contributed by atoms with Crippen molar-refractivity contribution < 1.29 is 9.53 Å². The van der Waals surface area contributed by atoms with Crippen molar-refractivity contribution in [2.75, 3.05) is 25.4 Å². The van der Waals surface area contributed by atoms with E-state index in [0.29, 0.717) is 23.6 Å². The normalized spacial score (nSPS) is 22.2. The van der Waals surface area contributed by atoms with Gasteiger partial charge in [-0.1, -0.05) is 0 Å². The number of carbonyl (C=O) groups is 1. The van der Waals surface area contributed by atoms with Gasteiger partial charge in [-0.25, -0.2) is 0 Å². The first kappa shape index (κ1) is 13.7. The van der Waals surface area contributed by atoms with Crippen LogP contribution in [0.1, 0.15) is 30.6 Å². The summed E-state index contributed by atoms with van der Waals surface area (Å²) in [6.07, 6.45) is 0.937. The summed E-state index contributed by atoms with van der Waals surface area (Å²) < 4.78 is 5.41. The van der Waals surface area contributed by atoms with E-state index in [4.69, 9.17) is 10.5 Å². The van der Waals surface area contributed by atoms with Crippen molar-refractivity contribution in [1.82, 2.24) is 10.6 Å². The van der Waals surface area contributed by atoms with E-state index in [1.807, 2.05) is 13.8 Å². The molecule has 0 saturated carbocycles. The molecule has 1 atom stereocenters. The molecule has 0 aliphatic carbocycles. The molecule has 0 unspecified atom stereocenters. The average Bonchev–Trinajstić information content (AvgIpc) is 2.78. The Morgan fingerprint density at radius 3 is 3.00 bits per heavy atom. The van der Waals surface area contributed by atoms with Gasteiger partial charge in [-0.3, -0.25) is 4.79 Å². The summed E-state index contributed by atoms with van der Waals surface area (Å²) in [6.45, 7) is 6.19. The van der Waals surface area contributed by atoms with Crippen molar-refractivity contribution in [3.63, 3.8) is 0 Å². The monoisotopic (exact) mass is 263 g/mol. The van der Waals surface area contributed by atoms with E-state index >= 15 is 0 Å². The highest BCUT2D eigenvalue weighted by molar-refractivity contribution is 5.95. The smallest absolute Gasteiger partial charge is 0.251 e. The molecule has 0 aromatic heterocycles. The van der Waals surface area contributed by atoms with Crippen molar-refractivity contribution in [2.45, 2.75) is 25.8 Å². The number of ether oxygens (including phenoxy) is 1. The summed E-state index contributed by atoms with van der Waals surface area (Å²) in [5.74, 6) is 0.469. The first-order valence-electron chi connectivity index (χ1n) is 6.59. The lowest BCUT2D eigenvalue weighted by Gasteiger charge is -2.24. The predicted molar refractivity (Wildman–Crippen MR) is 75.4 cm³/mol. The number of hydrogen-bond acceptors (Lipinski definition) is 4. The van der Waals surface area contributed by atoms with Gasteiger partial charge in [0, 0.05) is 12.1 Å². The molecule has 0 radical (unpaired) electrons. The van der Waals surface area contributed by atoms with Gasteiger partial charge in [-0.15, -0.1) is 0 Å². The van der Waals surface area contributed by atoms with Gasteiger partial charge in [-0.2, -0.15) is 0 Å². The Morgan fingerprint density at radius 2 is 2.37 bits per heavy atom. The number of amides is 1. The van der Waals surface area contributed by atoms with Gasteiger partial charge >= 0.3 is 0 Å². The molecule has 1 aromatic carbocycles. The lowest BCUT2D eigenvalue weighted by molar-refractivity contribution is 0.0912. The van der Waals surface area contributed by atoms with E-state index in [9.17, 15) is 4.79 Å². The second-order valence-electron chi connectivity index (χ2n) is 5.13. The maximum absolute atomic E-state index is 12.2. The summed E-state index contributed by atoms with van der Waals surface area (Å²) in [7, 11) is 0. The highest BCUT2D eigenvalue weighted by atomic mass is 16.5. The summed E-state index contributed by atoms with van der Waals surface area (Å²) in [6, 6.07) is 5.12. The summed E-state index contributed by atoms with van der Waals surface area (Å²) >= 11 is 0. The van der Waals surface area contributed by atoms with Crippen molar-refractivity contribution >= 4 is 11.6 Å². The van der Waals surface area contributed by atoms with Gasteiger partial charge in [0.25, 0.3) is 5.91 Å². The summed E-state index contributed by atoms with van der Waals surface area (Å²) in [5.41, 5.74) is 6.75. The van der Waals surface area contributed by atoms with E-state index in [1.54, 1.807) is 18.2 Å². The van der Waals surface area contributed by atoms with E-state index in [2.05, 4.69) is 10.6 Å². The zero-order valence-corrected chi connectivity index (χ0v) is 11.5. The topological polar surface area (TPSA) is 76.4 Å². The van der Waals surface area contributed by atoms with Gasteiger partial charge in [0.15, 0.2) is 0 Å².